The standard InChI is InChI=1S/C16H13ClN4O2S/c17-13-6-11(7-14-16(13)23-10-22-14)8-24-9-15-18-19-20-21(15)12-4-2-1-3-5-12/h1-7H,8-10H2. The zero-order chi connectivity index (χ0) is 16.4. The molecule has 6 nitrogen and oxygen atoms in total. The Hall–Kier alpha value is -2.25. The predicted octanol–water partition coefficient (Wildman–Crippen LogP) is 3.48. The number of para-hydroxylation sites is 1. The van der Waals surface area contributed by atoms with Crippen molar-refractivity contribution in [1.82, 2.24) is 20.2 Å². The number of fused-ring (bicyclic) bond motifs is 1. The third-order valence-corrected chi connectivity index (χ3v) is 4.80. The molecule has 1 aliphatic heterocycles. The summed E-state index contributed by atoms with van der Waals surface area (Å²) >= 11 is 7.92. The van der Waals surface area contributed by atoms with E-state index in [0.717, 1.165) is 22.8 Å². The molecule has 0 saturated heterocycles. The summed E-state index contributed by atoms with van der Waals surface area (Å²) in [7, 11) is 0. The molecule has 0 atom stereocenters. The second-order valence-electron chi connectivity index (χ2n) is 5.15. The first-order valence-corrected chi connectivity index (χ1v) is 8.83. The summed E-state index contributed by atoms with van der Waals surface area (Å²) in [4.78, 5) is 0. The minimum absolute atomic E-state index is 0.220. The van der Waals surface area contributed by atoms with Crippen LogP contribution in [-0.2, 0) is 11.5 Å². The summed E-state index contributed by atoms with van der Waals surface area (Å²) in [6, 6.07) is 13.7. The molecule has 122 valence electrons. The smallest absolute Gasteiger partial charge is 0.231 e. The van der Waals surface area contributed by atoms with E-state index >= 15 is 0 Å². The van der Waals surface area contributed by atoms with Crippen LogP contribution in [0.3, 0.4) is 0 Å². The van der Waals surface area contributed by atoms with E-state index in [9.17, 15) is 0 Å². The second kappa shape index (κ2) is 6.70. The molecule has 0 spiro atoms. The van der Waals surface area contributed by atoms with E-state index in [4.69, 9.17) is 21.1 Å². The molecular weight excluding hydrogens is 348 g/mol. The molecule has 0 bridgehead atoms. The van der Waals surface area contributed by atoms with Gasteiger partial charge in [0.15, 0.2) is 17.3 Å². The van der Waals surface area contributed by atoms with Crippen LogP contribution in [0.15, 0.2) is 42.5 Å². The number of nitrogens with zero attached hydrogens (tertiary/aromatic N) is 4. The molecule has 2 heterocycles. The van der Waals surface area contributed by atoms with Crippen molar-refractivity contribution in [2.45, 2.75) is 11.5 Å². The molecule has 0 unspecified atom stereocenters. The first-order valence-electron chi connectivity index (χ1n) is 7.30. The Bertz CT molecular complexity index is 857. The fourth-order valence-corrected chi connectivity index (χ4v) is 3.58. The highest BCUT2D eigenvalue weighted by atomic mass is 35.5. The van der Waals surface area contributed by atoms with E-state index < -0.39 is 0 Å². The van der Waals surface area contributed by atoms with Crippen molar-refractivity contribution in [3.63, 3.8) is 0 Å². The molecular formula is C16H13ClN4O2S. The van der Waals surface area contributed by atoms with Crippen LogP contribution >= 0.6 is 23.4 Å². The van der Waals surface area contributed by atoms with Gasteiger partial charge in [0.25, 0.3) is 0 Å². The number of hydrogen-bond acceptors (Lipinski definition) is 6. The van der Waals surface area contributed by atoms with Crippen LogP contribution in [0.25, 0.3) is 5.69 Å². The van der Waals surface area contributed by atoms with Crippen LogP contribution in [-0.4, -0.2) is 27.0 Å². The largest absolute Gasteiger partial charge is 0.454 e. The molecule has 0 saturated carbocycles. The Labute approximate surface area is 147 Å². The number of benzene rings is 2. The third kappa shape index (κ3) is 3.05. The molecule has 1 aliphatic rings. The second-order valence-corrected chi connectivity index (χ2v) is 6.54. The number of thioether (sulfide) groups is 1. The summed E-state index contributed by atoms with van der Waals surface area (Å²) in [5.41, 5.74) is 2.03. The lowest BCUT2D eigenvalue weighted by Gasteiger charge is -2.06. The van der Waals surface area contributed by atoms with E-state index in [1.807, 2.05) is 42.5 Å². The predicted molar refractivity (Wildman–Crippen MR) is 91.7 cm³/mol. The number of ether oxygens (including phenoxy) is 2. The van der Waals surface area contributed by atoms with Gasteiger partial charge in [-0.1, -0.05) is 29.8 Å². The van der Waals surface area contributed by atoms with Gasteiger partial charge < -0.3 is 9.47 Å². The van der Waals surface area contributed by atoms with E-state index in [-0.39, 0.29) is 6.79 Å². The first-order chi connectivity index (χ1) is 11.8. The lowest BCUT2D eigenvalue weighted by atomic mass is 10.2. The molecule has 0 aliphatic carbocycles. The van der Waals surface area contributed by atoms with E-state index in [1.165, 1.54) is 0 Å². The lowest BCUT2D eigenvalue weighted by molar-refractivity contribution is 0.174. The van der Waals surface area contributed by atoms with Crippen molar-refractivity contribution in [3.8, 4) is 17.2 Å². The van der Waals surface area contributed by atoms with Crippen molar-refractivity contribution in [2.24, 2.45) is 0 Å². The van der Waals surface area contributed by atoms with Gasteiger partial charge in [0.2, 0.25) is 6.79 Å². The summed E-state index contributed by atoms with van der Waals surface area (Å²) in [6.07, 6.45) is 0. The van der Waals surface area contributed by atoms with Crippen molar-refractivity contribution >= 4 is 23.4 Å². The number of halogens is 1. The summed E-state index contributed by atoms with van der Waals surface area (Å²) in [5, 5.41) is 12.5. The van der Waals surface area contributed by atoms with Crippen LogP contribution < -0.4 is 9.47 Å². The number of rotatable bonds is 5. The van der Waals surface area contributed by atoms with Gasteiger partial charge >= 0.3 is 0 Å². The van der Waals surface area contributed by atoms with Gasteiger partial charge in [-0.3, -0.25) is 0 Å². The van der Waals surface area contributed by atoms with Crippen molar-refractivity contribution < 1.29 is 9.47 Å². The highest BCUT2D eigenvalue weighted by molar-refractivity contribution is 7.97. The fraction of sp³-hybridized carbons (Fsp3) is 0.188. The van der Waals surface area contributed by atoms with Gasteiger partial charge in [0, 0.05) is 5.75 Å². The average Bonchev–Trinajstić information content (AvgIpc) is 3.25. The highest BCUT2D eigenvalue weighted by Gasteiger charge is 2.18. The monoisotopic (exact) mass is 360 g/mol. The molecule has 0 fully saturated rings. The maximum atomic E-state index is 6.21. The Morgan fingerprint density at radius 3 is 2.88 bits per heavy atom. The van der Waals surface area contributed by atoms with Crippen LogP contribution in [0.4, 0.5) is 0 Å². The van der Waals surface area contributed by atoms with Crippen molar-refractivity contribution in [1.29, 1.82) is 0 Å². The SMILES string of the molecule is Clc1cc(CSCc2nnnn2-c2ccccc2)cc2c1OCO2. The number of aromatic nitrogens is 4. The molecule has 3 aromatic rings. The van der Waals surface area contributed by atoms with E-state index in [0.29, 0.717) is 22.3 Å². The molecule has 1 aromatic heterocycles. The average molecular weight is 361 g/mol. The Morgan fingerprint density at radius 1 is 1.12 bits per heavy atom. The summed E-state index contributed by atoms with van der Waals surface area (Å²) in [5.74, 6) is 3.59. The van der Waals surface area contributed by atoms with Gasteiger partial charge in [-0.25, -0.2) is 0 Å². The molecule has 4 rings (SSSR count). The minimum atomic E-state index is 0.220. The summed E-state index contributed by atoms with van der Waals surface area (Å²) < 4.78 is 12.5. The van der Waals surface area contributed by atoms with Gasteiger partial charge in [0.05, 0.1) is 16.5 Å². The Balaban J connectivity index is 1.44. The maximum Gasteiger partial charge on any atom is 0.231 e. The molecule has 8 heteroatoms. The Morgan fingerprint density at radius 2 is 2.00 bits per heavy atom. The van der Waals surface area contributed by atoms with Crippen LogP contribution in [0.5, 0.6) is 11.5 Å². The van der Waals surface area contributed by atoms with Gasteiger partial charge in [-0.2, -0.15) is 4.68 Å². The fourth-order valence-electron chi connectivity index (χ4n) is 2.43. The molecule has 24 heavy (non-hydrogen) atoms. The molecule has 0 radical (unpaired) electrons. The van der Waals surface area contributed by atoms with Crippen LogP contribution in [0, 0.1) is 0 Å². The molecule has 2 aromatic carbocycles. The number of tetrazole rings is 1. The quantitative estimate of drug-likeness (QED) is 0.694. The number of hydrogen-bond donors (Lipinski definition) is 0. The van der Waals surface area contributed by atoms with Gasteiger partial charge in [-0.15, -0.1) is 16.9 Å². The Kier molecular flexibility index (Phi) is 4.27. The summed E-state index contributed by atoms with van der Waals surface area (Å²) in [6.45, 7) is 0.220. The van der Waals surface area contributed by atoms with E-state index in [1.54, 1.807) is 16.4 Å². The minimum Gasteiger partial charge on any atom is -0.454 e. The normalized spacial score (nSPS) is 12.5. The lowest BCUT2D eigenvalue weighted by Crippen LogP contribution is -2.02. The van der Waals surface area contributed by atoms with Crippen molar-refractivity contribution in [3.05, 3.63) is 58.9 Å². The highest BCUT2D eigenvalue weighted by Crippen LogP contribution is 2.40. The third-order valence-electron chi connectivity index (χ3n) is 3.52. The zero-order valence-electron chi connectivity index (χ0n) is 12.6. The first kappa shape index (κ1) is 15.3. The van der Waals surface area contributed by atoms with Gasteiger partial charge in [0.1, 0.15) is 0 Å². The zero-order valence-corrected chi connectivity index (χ0v) is 14.1. The van der Waals surface area contributed by atoms with Gasteiger partial charge in [-0.05, 0) is 40.3 Å². The van der Waals surface area contributed by atoms with E-state index in [2.05, 4.69) is 15.5 Å². The van der Waals surface area contributed by atoms with Crippen molar-refractivity contribution in [2.75, 3.05) is 6.79 Å². The molecule has 0 N–H and O–H groups in total. The van der Waals surface area contributed by atoms with Crippen LogP contribution in [0.2, 0.25) is 5.02 Å². The topological polar surface area (TPSA) is 62.1 Å². The van der Waals surface area contributed by atoms with Crippen LogP contribution in [0.1, 0.15) is 11.4 Å². The maximum absolute atomic E-state index is 6.21. The molecule has 0 amide bonds.